The number of benzene rings is 1. The maximum absolute atomic E-state index is 12.4. The first-order valence-electron chi connectivity index (χ1n) is 7.60. The van der Waals surface area contributed by atoms with Gasteiger partial charge in [0.25, 0.3) is 0 Å². The predicted octanol–water partition coefficient (Wildman–Crippen LogP) is 3.26. The molecule has 1 aromatic rings. The summed E-state index contributed by atoms with van der Waals surface area (Å²) in [5.41, 5.74) is 3.73. The van der Waals surface area contributed by atoms with Crippen molar-refractivity contribution in [3.05, 3.63) is 34.9 Å². The highest BCUT2D eigenvalue weighted by Crippen LogP contribution is 2.29. The van der Waals surface area contributed by atoms with E-state index in [1.807, 2.05) is 23.6 Å². The fourth-order valence-corrected chi connectivity index (χ4v) is 3.18. The van der Waals surface area contributed by atoms with Crippen molar-refractivity contribution in [1.29, 1.82) is 0 Å². The number of rotatable bonds is 5. The van der Waals surface area contributed by atoms with Gasteiger partial charge in [0.1, 0.15) is 6.17 Å². The molecule has 3 atom stereocenters. The molecule has 0 bridgehead atoms. The van der Waals surface area contributed by atoms with Crippen molar-refractivity contribution in [2.75, 3.05) is 12.8 Å². The number of carbonyl (C=O) groups excluding carboxylic acids is 1. The third-order valence-corrected chi connectivity index (χ3v) is 5.31. The summed E-state index contributed by atoms with van der Waals surface area (Å²) in [7, 11) is 0. The Morgan fingerprint density at radius 1 is 1.38 bits per heavy atom. The maximum Gasteiger partial charge on any atom is 0.241 e. The zero-order chi connectivity index (χ0) is 15.6. The summed E-state index contributed by atoms with van der Waals surface area (Å²) in [5.74, 6) is 0.216. The van der Waals surface area contributed by atoms with Crippen LogP contribution in [-0.2, 0) is 4.79 Å². The largest absolute Gasteiger partial charge is 0.322 e. The van der Waals surface area contributed by atoms with Gasteiger partial charge in [-0.25, -0.2) is 0 Å². The van der Waals surface area contributed by atoms with Crippen LogP contribution < -0.4 is 5.32 Å². The Morgan fingerprint density at radius 2 is 2.10 bits per heavy atom. The van der Waals surface area contributed by atoms with Crippen LogP contribution >= 0.6 is 11.8 Å². The smallest absolute Gasteiger partial charge is 0.241 e. The molecule has 1 aliphatic heterocycles. The number of thioether (sulfide) groups is 1. The second-order valence-corrected chi connectivity index (χ2v) is 7.29. The molecule has 1 amide bonds. The molecule has 1 heterocycles. The van der Waals surface area contributed by atoms with Gasteiger partial charge in [-0.15, -0.1) is 0 Å². The highest BCUT2D eigenvalue weighted by Gasteiger charge is 2.37. The second kappa shape index (κ2) is 6.84. The number of hydrogen-bond donors (Lipinski definition) is 1. The minimum atomic E-state index is -0.0970. The first-order valence-corrected chi connectivity index (χ1v) is 8.89. The molecule has 3 unspecified atom stereocenters. The maximum atomic E-state index is 12.4. The quantitative estimate of drug-likeness (QED) is 0.906. The van der Waals surface area contributed by atoms with E-state index >= 15 is 0 Å². The van der Waals surface area contributed by atoms with Gasteiger partial charge in [0.2, 0.25) is 5.91 Å². The molecule has 1 fully saturated rings. The van der Waals surface area contributed by atoms with Crippen molar-refractivity contribution in [3.63, 3.8) is 0 Å². The van der Waals surface area contributed by atoms with Crippen LogP contribution in [0, 0.1) is 13.8 Å². The van der Waals surface area contributed by atoms with Crippen LogP contribution in [0.25, 0.3) is 0 Å². The third-order valence-electron chi connectivity index (χ3n) is 4.27. The SMILES string of the molecule is CSC(C)CCN1C(=O)C(C)NC1c1ccc(C)cc1C. The number of carbonyl (C=O) groups is 1. The third kappa shape index (κ3) is 3.61. The van der Waals surface area contributed by atoms with Gasteiger partial charge in [-0.3, -0.25) is 10.1 Å². The average molecular weight is 306 g/mol. The molecule has 116 valence electrons. The van der Waals surface area contributed by atoms with E-state index in [-0.39, 0.29) is 18.1 Å². The van der Waals surface area contributed by atoms with Gasteiger partial charge in [0, 0.05) is 11.8 Å². The van der Waals surface area contributed by atoms with E-state index in [9.17, 15) is 4.79 Å². The number of hydrogen-bond acceptors (Lipinski definition) is 3. The Bertz CT molecular complexity index is 518. The van der Waals surface area contributed by atoms with E-state index in [1.165, 1.54) is 16.7 Å². The summed E-state index contributed by atoms with van der Waals surface area (Å²) in [5, 5.41) is 4.02. The Morgan fingerprint density at radius 3 is 2.71 bits per heavy atom. The van der Waals surface area contributed by atoms with Gasteiger partial charge in [-0.05, 0) is 44.6 Å². The van der Waals surface area contributed by atoms with E-state index in [0.717, 1.165) is 13.0 Å². The lowest BCUT2D eigenvalue weighted by molar-refractivity contribution is -0.129. The van der Waals surface area contributed by atoms with E-state index < -0.39 is 0 Å². The summed E-state index contributed by atoms with van der Waals surface area (Å²) < 4.78 is 0. The van der Waals surface area contributed by atoms with Gasteiger partial charge in [0.15, 0.2) is 0 Å². The molecule has 0 radical (unpaired) electrons. The highest BCUT2D eigenvalue weighted by atomic mass is 32.2. The summed E-state index contributed by atoms with van der Waals surface area (Å²) >= 11 is 1.85. The van der Waals surface area contributed by atoms with Crippen LogP contribution in [0.4, 0.5) is 0 Å². The van der Waals surface area contributed by atoms with Crippen LogP contribution in [-0.4, -0.2) is 34.9 Å². The molecule has 1 aromatic carbocycles. The zero-order valence-corrected chi connectivity index (χ0v) is 14.5. The summed E-state index contributed by atoms with van der Waals surface area (Å²) in [6, 6.07) is 6.37. The molecule has 4 heteroatoms. The van der Waals surface area contributed by atoms with Gasteiger partial charge in [-0.1, -0.05) is 30.7 Å². The van der Waals surface area contributed by atoms with E-state index in [0.29, 0.717) is 5.25 Å². The topological polar surface area (TPSA) is 32.3 Å². The van der Waals surface area contributed by atoms with Crippen LogP contribution in [0.5, 0.6) is 0 Å². The van der Waals surface area contributed by atoms with Gasteiger partial charge >= 0.3 is 0 Å². The van der Waals surface area contributed by atoms with Crippen molar-refractivity contribution in [2.45, 2.75) is 51.6 Å². The minimum absolute atomic E-state index is 0.0159. The lowest BCUT2D eigenvalue weighted by atomic mass is 10.0. The first-order chi connectivity index (χ1) is 9.93. The molecular formula is C17H26N2OS. The van der Waals surface area contributed by atoms with Crippen LogP contribution in [0.3, 0.4) is 0 Å². The van der Waals surface area contributed by atoms with Crippen molar-refractivity contribution < 1.29 is 4.79 Å². The molecule has 21 heavy (non-hydrogen) atoms. The molecule has 1 N–H and O–H groups in total. The Hall–Kier alpha value is -1.00. The fraction of sp³-hybridized carbons (Fsp3) is 0.588. The standard InChI is InChI=1S/C17H26N2OS/c1-11-6-7-15(12(2)10-11)16-18-14(4)17(20)19(16)9-8-13(3)21-5/h6-7,10,13-14,16,18H,8-9H2,1-5H3. The Labute approximate surface area is 132 Å². The number of nitrogens with one attached hydrogen (secondary N) is 1. The normalized spacial score (nSPS) is 23.7. The van der Waals surface area contributed by atoms with E-state index in [4.69, 9.17) is 0 Å². The number of amides is 1. The molecule has 1 saturated heterocycles. The molecule has 0 saturated carbocycles. The van der Waals surface area contributed by atoms with Crippen molar-refractivity contribution in [2.24, 2.45) is 0 Å². The van der Waals surface area contributed by atoms with Gasteiger partial charge < -0.3 is 4.90 Å². The first kappa shape index (κ1) is 16.4. The van der Waals surface area contributed by atoms with E-state index in [2.05, 4.69) is 50.5 Å². The summed E-state index contributed by atoms with van der Waals surface area (Å²) in [6.07, 6.45) is 3.17. The Balaban J connectivity index is 2.21. The van der Waals surface area contributed by atoms with Crippen molar-refractivity contribution in [3.8, 4) is 0 Å². The lowest BCUT2D eigenvalue weighted by Gasteiger charge is -2.27. The van der Waals surface area contributed by atoms with Crippen LogP contribution in [0.1, 0.15) is 43.1 Å². The van der Waals surface area contributed by atoms with Crippen LogP contribution in [0.15, 0.2) is 18.2 Å². The predicted molar refractivity (Wildman–Crippen MR) is 90.6 cm³/mol. The minimum Gasteiger partial charge on any atom is -0.322 e. The summed E-state index contributed by atoms with van der Waals surface area (Å²) in [4.78, 5) is 14.4. The monoisotopic (exact) mass is 306 g/mol. The summed E-state index contributed by atoms with van der Waals surface area (Å²) in [6.45, 7) is 9.21. The zero-order valence-electron chi connectivity index (χ0n) is 13.6. The van der Waals surface area contributed by atoms with Gasteiger partial charge in [-0.2, -0.15) is 11.8 Å². The molecule has 0 aromatic heterocycles. The molecule has 0 aliphatic carbocycles. The van der Waals surface area contributed by atoms with Crippen molar-refractivity contribution >= 4 is 17.7 Å². The Kier molecular flexibility index (Phi) is 5.33. The lowest BCUT2D eigenvalue weighted by Crippen LogP contribution is -2.33. The number of nitrogens with zero attached hydrogens (tertiary/aromatic N) is 1. The van der Waals surface area contributed by atoms with Crippen LogP contribution in [0.2, 0.25) is 0 Å². The van der Waals surface area contributed by atoms with Crippen molar-refractivity contribution in [1.82, 2.24) is 10.2 Å². The molecule has 3 nitrogen and oxygen atoms in total. The van der Waals surface area contributed by atoms with Gasteiger partial charge in [0.05, 0.1) is 6.04 Å². The fourth-order valence-electron chi connectivity index (χ4n) is 2.84. The van der Waals surface area contributed by atoms with E-state index in [1.54, 1.807) is 0 Å². The molecular weight excluding hydrogens is 280 g/mol. The number of aryl methyl sites for hydroxylation is 2. The molecule has 0 spiro atoms. The molecule has 2 rings (SSSR count). The molecule has 1 aliphatic rings. The highest BCUT2D eigenvalue weighted by molar-refractivity contribution is 7.99. The second-order valence-electron chi connectivity index (χ2n) is 6.02. The average Bonchev–Trinajstić information content (AvgIpc) is 2.72.